The lowest BCUT2D eigenvalue weighted by atomic mass is 10.0. The molecule has 2 N–H and O–H groups in total. The Morgan fingerprint density at radius 2 is 2.24 bits per heavy atom. The van der Waals surface area contributed by atoms with Crippen LogP contribution in [0.25, 0.3) is 0 Å². The maximum Gasteiger partial charge on any atom is 0.366 e. The van der Waals surface area contributed by atoms with E-state index in [2.05, 4.69) is 29.4 Å². The van der Waals surface area contributed by atoms with Gasteiger partial charge in [-0.2, -0.15) is 0 Å². The molecule has 0 aliphatic carbocycles. The second-order valence-electron chi connectivity index (χ2n) is 4.65. The number of aromatic amines is 1. The average molecular weight is 241 g/mol. The van der Waals surface area contributed by atoms with Crippen molar-refractivity contribution in [2.24, 2.45) is 5.92 Å². The number of aromatic nitrogens is 2. The minimum Gasteiger partial charge on any atom is -0.373 e. The summed E-state index contributed by atoms with van der Waals surface area (Å²) >= 11 is 0. The van der Waals surface area contributed by atoms with E-state index in [1.54, 1.807) is 0 Å². The molecule has 1 atom stereocenters. The van der Waals surface area contributed by atoms with E-state index in [1.807, 2.05) is 19.0 Å². The first kappa shape index (κ1) is 13.4. The molecule has 17 heavy (non-hydrogen) atoms. The van der Waals surface area contributed by atoms with Crippen molar-refractivity contribution in [3.63, 3.8) is 0 Å². The van der Waals surface area contributed by atoms with Crippen LogP contribution < -0.4 is 5.32 Å². The van der Waals surface area contributed by atoms with Crippen LogP contribution in [-0.4, -0.2) is 46.7 Å². The first-order valence-corrected chi connectivity index (χ1v) is 5.50. The molecule has 0 saturated carbocycles. The van der Waals surface area contributed by atoms with Crippen LogP contribution in [0, 0.1) is 16.0 Å². The highest BCUT2D eigenvalue weighted by Gasteiger charge is 2.20. The first-order chi connectivity index (χ1) is 7.91. The topological polar surface area (TPSA) is 87.1 Å². The van der Waals surface area contributed by atoms with Gasteiger partial charge in [0, 0.05) is 12.6 Å². The SMILES string of the molecule is CC(C)C(CN(C)C)Nc1cn[nH]c1[N+](=O)[O-]. The molecule has 1 unspecified atom stereocenters. The van der Waals surface area contributed by atoms with Crippen molar-refractivity contribution in [3.05, 3.63) is 16.3 Å². The Labute approximate surface area is 100 Å². The minimum absolute atomic E-state index is 0.0885. The van der Waals surface area contributed by atoms with Crippen molar-refractivity contribution < 1.29 is 4.92 Å². The van der Waals surface area contributed by atoms with Gasteiger partial charge in [0.15, 0.2) is 5.69 Å². The number of nitrogens with zero attached hydrogens (tertiary/aromatic N) is 3. The zero-order valence-electron chi connectivity index (χ0n) is 10.6. The molecule has 0 spiro atoms. The van der Waals surface area contributed by atoms with Crippen molar-refractivity contribution in [2.75, 3.05) is 26.0 Å². The molecule has 7 nitrogen and oxygen atoms in total. The third-order valence-corrected chi connectivity index (χ3v) is 2.51. The van der Waals surface area contributed by atoms with E-state index in [4.69, 9.17) is 0 Å². The van der Waals surface area contributed by atoms with Crippen LogP contribution in [-0.2, 0) is 0 Å². The molecule has 1 aromatic heterocycles. The number of H-pyrrole nitrogens is 1. The summed E-state index contributed by atoms with van der Waals surface area (Å²) in [5.41, 5.74) is 0.440. The van der Waals surface area contributed by atoms with Crippen molar-refractivity contribution >= 4 is 11.5 Å². The predicted octanol–water partition coefficient (Wildman–Crippen LogP) is 1.32. The lowest BCUT2D eigenvalue weighted by molar-refractivity contribution is -0.388. The van der Waals surface area contributed by atoms with E-state index in [0.29, 0.717) is 11.6 Å². The zero-order chi connectivity index (χ0) is 13.0. The standard InChI is InChI=1S/C10H19N5O2/c1-7(2)9(6-14(3)4)12-8-5-11-13-10(8)15(16)17/h5,7,9,12H,6H2,1-4H3,(H,11,13). The summed E-state index contributed by atoms with van der Waals surface area (Å²) < 4.78 is 0. The van der Waals surface area contributed by atoms with Crippen molar-refractivity contribution in [1.29, 1.82) is 0 Å². The number of nitro groups is 1. The van der Waals surface area contributed by atoms with Crippen LogP contribution in [0.4, 0.5) is 11.5 Å². The highest BCUT2D eigenvalue weighted by molar-refractivity contribution is 5.56. The third-order valence-electron chi connectivity index (χ3n) is 2.51. The summed E-state index contributed by atoms with van der Waals surface area (Å²) in [6.45, 7) is 4.96. The van der Waals surface area contributed by atoms with Crippen molar-refractivity contribution in [2.45, 2.75) is 19.9 Å². The van der Waals surface area contributed by atoms with Gasteiger partial charge in [-0.15, -0.1) is 5.10 Å². The highest BCUT2D eigenvalue weighted by atomic mass is 16.6. The fraction of sp³-hybridized carbons (Fsp3) is 0.700. The fourth-order valence-electron chi connectivity index (χ4n) is 1.54. The third kappa shape index (κ3) is 3.70. The number of rotatable bonds is 6. The summed E-state index contributed by atoms with van der Waals surface area (Å²) in [6, 6.07) is 0.140. The quantitative estimate of drug-likeness (QED) is 0.579. The lowest BCUT2D eigenvalue weighted by Gasteiger charge is -2.25. The average Bonchev–Trinajstić information content (AvgIpc) is 2.63. The Morgan fingerprint density at radius 1 is 1.59 bits per heavy atom. The molecule has 0 amide bonds. The summed E-state index contributed by atoms with van der Waals surface area (Å²) in [5.74, 6) is 0.279. The maximum absolute atomic E-state index is 10.7. The summed E-state index contributed by atoms with van der Waals surface area (Å²) in [7, 11) is 3.95. The second kappa shape index (κ2) is 5.62. The van der Waals surface area contributed by atoms with Gasteiger partial charge in [0.1, 0.15) is 6.20 Å². The second-order valence-corrected chi connectivity index (χ2v) is 4.65. The van der Waals surface area contributed by atoms with E-state index >= 15 is 0 Å². The normalized spacial score (nSPS) is 13.1. The number of anilines is 1. The van der Waals surface area contributed by atoms with Gasteiger partial charge in [-0.25, -0.2) is 0 Å². The van der Waals surface area contributed by atoms with Gasteiger partial charge in [0.05, 0.1) is 0 Å². The molecule has 0 radical (unpaired) electrons. The minimum atomic E-state index is -0.470. The van der Waals surface area contributed by atoms with E-state index in [9.17, 15) is 10.1 Å². The molecule has 0 saturated heterocycles. The van der Waals surface area contributed by atoms with E-state index in [-0.39, 0.29) is 11.9 Å². The van der Waals surface area contributed by atoms with Gasteiger partial charge in [0.2, 0.25) is 0 Å². The number of hydrogen-bond donors (Lipinski definition) is 2. The lowest BCUT2D eigenvalue weighted by Crippen LogP contribution is -2.36. The molecule has 0 aromatic carbocycles. The van der Waals surface area contributed by atoms with Crippen LogP contribution >= 0.6 is 0 Å². The Bertz CT molecular complexity index is 375. The summed E-state index contributed by atoms with van der Waals surface area (Å²) in [4.78, 5) is 12.3. The van der Waals surface area contributed by atoms with Crippen LogP contribution in [0.3, 0.4) is 0 Å². The van der Waals surface area contributed by atoms with Gasteiger partial charge >= 0.3 is 5.82 Å². The molecule has 0 bridgehead atoms. The molecule has 0 fully saturated rings. The predicted molar refractivity (Wildman–Crippen MR) is 66.0 cm³/mol. The molecule has 0 aliphatic heterocycles. The van der Waals surface area contributed by atoms with Crippen molar-refractivity contribution in [3.8, 4) is 0 Å². The van der Waals surface area contributed by atoms with E-state index in [1.165, 1.54) is 6.20 Å². The molecule has 1 heterocycles. The molecular formula is C10H19N5O2. The highest BCUT2D eigenvalue weighted by Crippen LogP contribution is 2.22. The van der Waals surface area contributed by atoms with E-state index in [0.717, 1.165) is 6.54 Å². The molecule has 96 valence electrons. The molecule has 0 aliphatic rings. The number of hydrogen-bond acceptors (Lipinski definition) is 5. The molecule has 7 heteroatoms. The Balaban J connectivity index is 2.78. The number of nitrogens with one attached hydrogen (secondary N) is 2. The van der Waals surface area contributed by atoms with Gasteiger partial charge in [-0.05, 0) is 24.9 Å². The number of likely N-dealkylation sites (N-methyl/N-ethyl adjacent to an activating group) is 1. The van der Waals surface area contributed by atoms with Crippen molar-refractivity contribution in [1.82, 2.24) is 15.1 Å². The fourth-order valence-corrected chi connectivity index (χ4v) is 1.54. The molecular weight excluding hydrogens is 222 g/mol. The van der Waals surface area contributed by atoms with Crippen LogP contribution in [0.2, 0.25) is 0 Å². The maximum atomic E-state index is 10.7. The van der Waals surface area contributed by atoms with Crippen LogP contribution in [0.15, 0.2) is 6.20 Å². The smallest absolute Gasteiger partial charge is 0.366 e. The Morgan fingerprint density at radius 3 is 2.71 bits per heavy atom. The monoisotopic (exact) mass is 241 g/mol. The van der Waals surface area contributed by atoms with Gasteiger partial charge in [-0.3, -0.25) is 0 Å². The van der Waals surface area contributed by atoms with Crippen LogP contribution in [0.5, 0.6) is 0 Å². The summed E-state index contributed by atoms with van der Waals surface area (Å²) in [6.07, 6.45) is 1.45. The first-order valence-electron chi connectivity index (χ1n) is 5.50. The Kier molecular flexibility index (Phi) is 4.45. The zero-order valence-corrected chi connectivity index (χ0v) is 10.6. The Hall–Kier alpha value is -1.63. The van der Waals surface area contributed by atoms with Gasteiger partial charge in [-0.1, -0.05) is 18.9 Å². The largest absolute Gasteiger partial charge is 0.373 e. The van der Waals surface area contributed by atoms with Crippen LogP contribution in [0.1, 0.15) is 13.8 Å². The molecule has 1 rings (SSSR count). The van der Waals surface area contributed by atoms with Gasteiger partial charge in [0.25, 0.3) is 0 Å². The van der Waals surface area contributed by atoms with Gasteiger partial charge < -0.3 is 20.3 Å². The summed E-state index contributed by atoms with van der Waals surface area (Å²) in [5, 5.41) is 20.0. The molecule has 1 aromatic rings. The van der Waals surface area contributed by atoms with E-state index < -0.39 is 4.92 Å².